The molecule has 1 aliphatic rings. The van der Waals surface area contributed by atoms with Crippen molar-refractivity contribution in [3.63, 3.8) is 0 Å². The zero-order valence-corrected chi connectivity index (χ0v) is 19.5. The first-order valence-electron chi connectivity index (χ1n) is 9.88. The summed E-state index contributed by atoms with van der Waals surface area (Å²) in [5.41, 5.74) is 1.91. The molecule has 7 heteroatoms. The number of rotatable bonds is 5. The molecule has 31 heavy (non-hydrogen) atoms. The second kappa shape index (κ2) is 9.24. The van der Waals surface area contributed by atoms with Crippen molar-refractivity contribution in [2.45, 2.75) is 31.8 Å². The topological polar surface area (TPSA) is 84.9 Å². The third-order valence-electron chi connectivity index (χ3n) is 5.61. The van der Waals surface area contributed by atoms with E-state index in [0.29, 0.717) is 16.8 Å². The van der Waals surface area contributed by atoms with Crippen molar-refractivity contribution in [3.8, 4) is 0 Å². The van der Waals surface area contributed by atoms with Crippen LogP contribution in [0.2, 0.25) is 0 Å². The molecule has 0 amide bonds. The van der Waals surface area contributed by atoms with Crippen LogP contribution >= 0.6 is 15.9 Å². The lowest BCUT2D eigenvalue weighted by atomic mass is 9.66. The highest BCUT2D eigenvalue weighted by Gasteiger charge is 2.52. The minimum Gasteiger partial charge on any atom is -0.469 e. The molecule has 0 heterocycles. The largest absolute Gasteiger partial charge is 0.469 e. The van der Waals surface area contributed by atoms with E-state index in [4.69, 9.17) is 9.47 Å². The molecule has 3 rings (SSSR count). The first-order valence-corrected chi connectivity index (χ1v) is 10.7. The van der Waals surface area contributed by atoms with Crippen molar-refractivity contribution in [1.29, 1.82) is 0 Å². The van der Waals surface area contributed by atoms with Gasteiger partial charge >= 0.3 is 11.9 Å². The number of hydrogen-bond donors (Lipinski definition) is 2. The summed E-state index contributed by atoms with van der Waals surface area (Å²) in [7, 11) is 2.58. The van der Waals surface area contributed by atoms with Crippen LogP contribution in [-0.4, -0.2) is 36.9 Å². The van der Waals surface area contributed by atoms with Gasteiger partial charge in [-0.3, -0.25) is 4.79 Å². The number of esters is 2. The van der Waals surface area contributed by atoms with Gasteiger partial charge in [-0.1, -0.05) is 45.8 Å². The molecule has 2 aromatic rings. The number of carbonyl (C=O) groups excluding carboxylic acids is 2. The van der Waals surface area contributed by atoms with Gasteiger partial charge < -0.3 is 19.9 Å². The lowest BCUT2D eigenvalue weighted by molar-refractivity contribution is -0.157. The Labute approximate surface area is 190 Å². The number of nitrogens with one attached hydrogen (secondary N) is 1. The lowest BCUT2D eigenvalue weighted by Crippen LogP contribution is -2.49. The van der Waals surface area contributed by atoms with Gasteiger partial charge in [-0.05, 0) is 43.7 Å². The number of aryl methyl sites for hydroxylation is 1. The van der Waals surface area contributed by atoms with E-state index in [1.165, 1.54) is 14.2 Å². The summed E-state index contributed by atoms with van der Waals surface area (Å²) in [5, 5.41) is 14.6. The molecule has 164 valence electrons. The molecule has 0 aliphatic heterocycles. The van der Waals surface area contributed by atoms with Crippen molar-refractivity contribution >= 4 is 33.6 Å². The van der Waals surface area contributed by atoms with Gasteiger partial charge in [0.2, 0.25) is 0 Å². The molecule has 0 saturated carbocycles. The Morgan fingerprint density at radius 1 is 1.06 bits per heavy atom. The Morgan fingerprint density at radius 2 is 1.68 bits per heavy atom. The van der Waals surface area contributed by atoms with E-state index in [-0.39, 0.29) is 6.42 Å². The minimum atomic E-state index is -1.46. The maximum atomic E-state index is 13.0. The van der Waals surface area contributed by atoms with Gasteiger partial charge in [0.25, 0.3) is 0 Å². The van der Waals surface area contributed by atoms with Gasteiger partial charge in [-0.2, -0.15) is 0 Å². The van der Waals surface area contributed by atoms with Crippen LogP contribution in [0.15, 0.2) is 64.3 Å². The van der Waals surface area contributed by atoms with Crippen LogP contribution in [0.5, 0.6) is 0 Å². The maximum Gasteiger partial charge on any atom is 0.336 e. The smallest absolute Gasteiger partial charge is 0.336 e. The fraction of sp³-hybridized carbons (Fsp3) is 0.333. The van der Waals surface area contributed by atoms with Crippen LogP contribution in [0.1, 0.15) is 30.4 Å². The van der Waals surface area contributed by atoms with Crippen molar-refractivity contribution in [1.82, 2.24) is 0 Å². The normalized spacial score (nSPS) is 23.3. The molecule has 0 bridgehead atoms. The number of methoxy groups -OCH3 is 2. The van der Waals surface area contributed by atoms with Crippen LogP contribution in [0.3, 0.4) is 0 Å². The van der Waals surface area contributed by atoms with Crippen LogP contribution < -0.4 is 5.32 Å². The fourth-order valence-electron chi connectivity index (χ4n) is 4.11. The van der Waals surface area contributed by atoms with Gasteiger partial charge in [0.05, 0.1) is 31.3 Å². The molecular formula is C24H26BrNO5. The molecule has 0 saturated heterocycles. The van der Waals surface area contributed by atoms with E-state index in [0.717, 1.165) is 15.7 Å². The zero-order chi connectivity index (χ0) is 22.8. The number of aliphatic hydroxyl groups is 1. The molecule has 6 nitrogen and oxygen atoms in total. The van der Waals surface area contributed by atoms with E-state index >= 15 is 0 Å². The van der Waals surface area contributed by atoms with E-state index in [1.807, 2.05) is 55.5 Å². The first kappa shape index (κ1) is 23.0. The summed E-state index contributed by atoms with van der Waals surface area (Å²) in [4.78, 5) is 25.8. The number of halogens is 1. The zero-order valence-electron chi connectivity index (χ0n) is 17.9. The monoisotopic (exact) mass is 487 g/mol. The average Bonchev–Trinajstić information content (AvgIpc) is 2.74. The van der Waals surface area contributed by atoms with Gasteiger partial charge in [-0.25, -0.2) is 4.79 Å². The third-order valence-corrected chi connectivity index (χ3v) is 6.14. The third kappa shape index (κ3) is 4.83. The Balaban J connectivity index is 2.23. The molecule has 0 radical (unpaired) electrons. The first-order chi connectivity index (χ1) is 14.7. The summed E-state index contributed by atoms with van der Waals surface area (Å²) in [6, 6.07) is 15.0. The molecule has 0 spiro atoms. The minimum absolute atomic E-state index is 0.0537. The van der Waals surface area contributed by atoms with E-state index in [2.05, 4.69) is 21.2 Å². The second-order valence-corrected chi connectivity index (χ2v) is 8.85. The second-order valence-electron chi connectivity index (χ2n) is 7.94. The van der Waals surface area contributed by atoms with E-state index < -0.39 is 29.4 Å². The van der Waals surface area contributed by atoms with E-state index in [9.17, 15) is 14.7 Å². The predicted molar refractivity (Wildman–Crippen MR) is 121 cm³/mol. The molecule has 3 atom stereocenters. The summed E-state index contributed by atoms with van der Waals surface area (Å²) >= 11 is 3.41. The van der Waals surface area contributed by atoms with E-state index in [1.54, 1.807) is 6.92 Å². The highest BCUT2D eigenvalue weighted by molar-refractivity contribution is 9.10. The van der Waals surface area contributed by atoms with Gasteiger partial charge in [0.15, 0.2) is 0 Å². The summed E-state index contributed by atoms with van der Waals surface area (Å²) in [6.45, 7) is 3.57. The Hall–Kier alpha value is -2.64. The van der Waals surface area contributed by atoms with Crippen molar-refractivity contribution in [3.05, 3.63) is 75.4 Å². The number of carbonyl (C=O) groups is 2. The lowest BCUT2D eigenvalue weighted by Gasteiger charge is -2.42. The van der Waals surface area contributed by atoms with Crippen LogP contribution in [0.4, 0.5) is 5.69 Å². The molecular weight excluding hydrogens is 462 g/mol. The molecule has 1 aliphatic carbocycles. The van der Waals surface area contributed by atoms with Crippen LogP contribution in [0, 0.1) is 12.8 Å². The van der Waals surface area contributed by atoms with Gasteiger partial charge in [-0.15, -0.1) is 0 Å². The summed E-state index contributed by atoms with van der Waals surface area (Å²) in [5.74, 6) is -2.90. The number of benzene rings is 2. The average molecular weight is 488 g/mol. The van der Waals surface area contributed by atoms with Gasteiger partial charge in [0, 0.05) is 28.2 Å². The molecule has 0 fully saturated rings. The summed E-state index contributed by atoms with van der Waals surface area (Å²) in [6.07, 6.45) is 0.0537. The number of ether oxygens (including phenoxy) is 2. The van der Waals surface area contributed by atoms with Crippen molar-refractivity contribution < 1.29 is 24.2 Å². The highest BCUT2D eigenvalue weighted by atomic mass is 79.9. The van der Waals surface area contributed by atoms with Gasteiger partial charge in [0.1, 0.15) is 0 Å². The fourth-order valence-corrected chi connectivity index (χ4v) is 4.37. The number of hydrogen-bond acceptors (Lipinski definition) is 6. The Bertz CT molecular complexity index is 996. The summed E-state index contributed by atoms with van der Waals surface area (Å²) < 4.78 is 11.0. The van der Waals surface area contributed by atoms with Crippen molar-refractivity contribution in [2.24, 2.45) is 5.92 Å². The predicted octanol–water partition coefficient (Wildman–Crippen LogP) is 4.32. The molecule has 2 aromatic carbocycles. The number of anilines is 1. The Morgan fingerprint density at radius 3 is 2.23 bits per heavy atom. The Kier molecular flexibility index (Phi) is 6.86. The highest BCUT2D eigenvalue weighted by Crippen LogP contribution is 2.48. The maximum absolute atomic E-state index is 13.0. The molecule has 2 N–H and O–H groups in total. The molecule has 0 aromatic heterocycles. The molecule has 0 unspecified atom stereocenters. The standard InChI is InChI=1S/C24H26BrNO5/c1-14-5-11-17(12-6-14)26-18-13-24(2,29)21(23(28)31-4)19(20(18)22(27)30-3)15-7-9-16(25)10-8-15/h5-12,19,21,26,29H,13H2,1-4H3/t19-,21-,24+/m1/s1. The quantitative estimate of drug-likeness (QED) is 0.610. The van der Waals surface area contributed by atoms with Crippen LogP contribution in [-0.2, 0) is 19.1 Å². The van der Waals surface area contributed by atoms with Crippen molar-refractivity contribution in [2.75, 3.05) is 19.5 Å². The van der Waals surface area contributed by atoms with Crippen LogP contribution in [0.25, 0.3) is 0 Å². The SMILES string of the molecule is COC(=O)C1=C(Nc2ccc(C)cc2)C[C@](C)(O)[C@@H](C(=O)OC)[C@@H]1c1ccc(Br)cc1.